The van der Waals surface area contributed by atoms with Crippen LogP contribution < -0.4 is 9.80 Å². The van der Waals surface area contributed by atoms with Gasteiger partial charge >= 0.3 is 0 Å². The van der Waals surface area contributed by atoms with Crippen LogP contribution in [0.15, 0.2) is 73.6 Å². The van der Waals surface area contributed by atoms with Crippen molar-refractivity contribution in [3.05, 3.63) is 73.6 Å². The van der Waals surface area contributed by atoms with E-state index in [1.165, 1.54) is 6.33 Å². The van der Waals surface area contributed by atoms with Gasteiger partial charge in [-0.25, -0.2) is 24.6 Å². The van der Waals surface area contributed by atoms with E-state index in [9.17, 15) is 4.79 Å². The quantitative estimate of drug-likeness (QED) is 0.439. The van der Waals surface area contributed by atoms with Gasteiger partial charge in [-0.05, 0) is 6.07 Å². The number of carbonyl (C=O) groups excluding carboxylic acids is 1. The van der Waals surface area contributed by atoms with E-state index in [4.69, 9.17) is 0 Å². The number of anilines is 2. The molecule has 10 nitrogen and oxygen atoms in total. The van der Waals surface area contributed by atoms with Crippen LogP contribution in [0.2, 0.25) is 0 Å². The first-order valence-corrected chi connectivity index (χ1v) is 11.7. The minimum atomic E-state index is -0.00611. The highest BCUT2D eigenvalue weighted by Gasteiger charge is 2.37. The normalized spacial score (nSPS) is 16.3. The Kier molecular flexibility index (Phi) is 5.53. The summed E-state index contributed by atoms with van der Waals surface area (Å²) < 4.78 is 1.70. The van der Waals surface area contributed by atoms with Crippen molar-refractivity contribution in [3.63, 3.8) is 0 Å². The van der Waals surface area contributed by atoms with E-state index >= 15 is 0 Å². The zero-order valence-corrected chi connectivity index (χ0v) is 19.2. The minimum absolute atomic E-state index is 0.00611. The molecule has 1 aromatic carbocycles. The van der Waals surface area contributed by atoms with Gasteiger partial charge in [0.25, 0.3) is 0 Å². The van der Waals surface area contributed by atoms with Gasteiger partial charge in [-0.3, -0.25) is 4.79 Å². The molecule has 0 bridgehead atoms. The molecule has 0 atom stereocenters. The molecule has 5 heterocycles. The van der Waals surface area contributed by atoms with Crippen molar-refractivity contribution in [1.29, 1.82) is 0 Å². The summed E-state index contributed by atoms with van der Waals surface area (Å²) in [5.41, 5.74) is 1.98. The van der Waals surface area contributed by atoms with Crippen LogP contribution in [0, 0.1) is 5.92 Å². The monoisotopic (exact) mass is 467 g/mol. The van der Waals surface area contributed by atoms with Gasteiger partial charge in [-0.2, -0.15) is 5.10 Å². The largest absolute Gasteiger partial charge is 0.355 e. The summed E-state index contributed by atoms with van der Waals surface area (Å²) in [5.74, 6) is 2.64. The van der Waals surface area contributed by atoms with Crippen molar-refractivity contribution in [3.8, 4) is 17.1 Å². The second kappa shape index (κ2) is 9.13. The lowest BCUT2D eigenvalue weighted by molar-refractivity contribution is -0.136. The number of aromatic nitrogens is 6. The Bertz CT molecular complexity index is 1300. The van der Waals surface area contributed by atoms with Crippen LogP contribution in [0.25, 0.3) is 17.1 Å². The van der Waals surface area contributed by atoms with E-state index in [1.807, 2.05) is 59.6 Å². The second-order valence-electron chi connectivity index (χ2n) is 8.73. The summed E-state index contributed by atoms with van der Waals surface area (Å²) in [6.45, 7) is 4.23. The highest BCUT2D eigenvalue weighted by Crippen LogP contribution is 2.26. The fraction of sp³-hybridized carbons (Fsp3) is 0.280. The molecule has 176 valence electrons. The maximum atomic E-state index is 13.1. The zero-order valence-electron chi connectivity index (χ0n) is 19.2. The van der Waals surface area contributed by atoms with Crippen LogP contribution in [0.1, 0.15) is 0 Å². The average Bonchev–Trinajstić information content (AvgIpc) is 3.44. The number of piperazine rings is 1. The van der Waals surface area contributed by atoms with Gasteiger partial charge in [-0.1, -0.05) is 30.3 Å². The van der Waals surface area contributed by atoms with Crippen LogP contribution in [-0.2, 0) is 4.79 Å². The molecule has 0 unspecified atom stereocenters. The molecule has 2 aliphatic rings. The molecule has 0 radical (unpaired) electrons. The molecule has 0 spiro atoms. The van der Waals surface area contributed by atoms with Crippen LogP contribution in [0.4, 0.5) is 11.6 Å². The lowest BCUT2D eigenvalue weighted by Crippen LogP contribution is -2.58. The van der Waals surface area contributed by atoms with Gasteiger partial charge in [0.15, 0.2) is 5.82 Å². The Morgan fingerprint density at radius 3 is 2.23 bits per heavy atom. The Hall–Kier alpha value is -4.34. The first-order valence-electron chi connectivity index (χ1n) is 11.7. The van der Waals surface area contributed by atoms with Gasteiger partial charge in [-0.15, -0.1) is 0 Å². The molecule has 35 heavy (non-hydrogen) atoms. The first-order chi connectivity index (χ1) is 17.2. The van der Waals surface area contributed by atoms with E-state index in [0.717, 1.165) is 36.0 Å². The SMILES string of the molecule is O=C(C1CN(c2cc(-n3cccn3)ncn2)C1)N1CCN(c2cc(-c3ccccc3)ncn2)CC1. The Morgan fingerprint density at radius 2 is 1.49 bits per heavy atom. The third-order valence-corrected chi connectivity index (χ3v) is 6.57. The number of rotatable bonds is 5. The zero-order chi connectivity index (χ0) is 23.6. The van der Waals surface area contributed by atoms with E-state index in [-0.39, 0.29) is 11.8 Å². The van der Waals surface area contributed by atoms with Crippen LogP contribution in [-0.4, -0.2) is 79.8 Å². The summed E-state index contributed by atoms with van der Waals surface area (Å²) in [4.78, 5) is 37.0. The molecular formula is C25H25N9O. The molecule has 1 amide bonds. The van der Waals surface area contributed by atoms with E-state index in [0.29, 0.717) is 32.0 Å². The van der Waals surface area contributed by atoms with E-state index < -0.39 is 0 Å². The number of amides is 1. The third kappa shape index (κ3) is 4.30. The van der Waals surface area contributed by atoms with Crippen molar-refractivity contribution >= 4 is 17.5 Å². The highest BCUT2D eigenvalue weighted by atomic mass is 16.2. The van der Waals surface area contributed by atoms with Crippen molar-refractivity contribution in [1.82, 2.24) is 34.6 Å². The summed E-state index contributed by atoms with van der Waals surface area (Å²) in [7, 11) is 0. The predicted octanol–water partition coefficient (Wildman–Crippen LogP) is 1.90. The van der Waals surface area contributed by atoms with Crippen molar-refractivity contribution in [2.45, 2.75) is 0 Å². The number of hydrogen-bond donors (Lipinski definition) is 0. The molecule has 10 heteroatoms. The van der Waals surface area contributed by atoms with Crippen molar-refractivity contribution < 1.29 is 4.79 Å². The molecule has 6 rings (SSSR count). The summed E-state index contributed by atoms with van der Waals surface area (Å²) >= 11 is 0. The van der Waals surface area contributed by atoms with Crippen LogP contribution in [0.5, 0.6) is 0 Å². The van der Waals surface area contributed by atoms with Crippen LogP contribution in [0.3, 0.4) is 0 Å². The van der Waals surface area contributed by atoms with Crippen molar-refractivity contribution in [2.24, 2.45) is 5.92 Å². The maximum Gasteiger partial charge on any atom is 0.229 e. The topological polar surface area (TPSA) is 96.2 Å². The van der Waals surface area contributed by atoms with Gasteiger partial charge < -0.3 is 14.7 Å². The lowest BCUT2D eigenvalue weighted by Gasteiger charge is -2.43. The summed E-state index contributed by atoms with van der Waals surface area (Å²) in [6.07, 6.45) is 6.71. The fourth-order valence-corrected chi connectivity index (χ4v) is 4.56. The van der Waals surface area contributed by atoms with E-state index in [1.54, 1.807) is 17.2 Å². The molecule has 0 aliphatic carbocycles. The Labute approximate surface area is 202 Å². The first kappa shape index (κ1) is 21.2. The maximum absolute atomic E-state index is 13.1. The number of benzene rings is 1. The fourth-order valence-electron chi connectivity index (χ4n) is 4.56. The highest BCUT2D eigenvalue weighted by molar-refractivity contribution is 5.82. The number of nitrogens with zero attached hydrogens (tertiary/aromatic N) is 9. The molecular weight excluding hydrogens is 442 g/mol. The molecule has 2 saturated heterocycles. The lowest BCUT2D eigenvalue weighted by atomic mass is 9.98. The smallest absolute Gasteiger partial charge is 0.229 e. The Morgan fingerprint density at radius 1 is 0.771 bits per heavy atom. The van der Waals surface area contributed by atoms with Crippen molar-refractivity contribution in [2.75, 3.05) is 49.1 Å². The average molecular weight is 468 g/mol. The summed E-state index contributed by atoms with van der Waals surface area (Å²) in [6, 6.07) is 15.9. The second-order valence-corrected chi connectivity index (χ2v) is 8.73. The van der Waals surface area contributed by atoms with Gasteiger partial charge in [0.1, 0.15) is 24.3 Å². The minimum Gasteiger partial charge on any atom is -0.355 e. The molecule has 3 aromatic heterocycles. The third-order valence-electron chi connectivity index (χ3n) is 6.57. The number of carbonyl (C=O) groups is 1. The molecule has 2 fully saturated rings. The predicted molar refractivity (Wildman–Crippen MR) is 131 cm³/mol. The van der Waals surface area contributed by atoms with E-state index in [2.05, 4.69) is 34.8 Å². The van der Waals surface area contributed by atoms with Gasteiger partial charge in [0, 0.05) is 69.4 Å². The molecule has 2 aliphatic heterocycles. The number of hydrogen-bond acceptors (Lipinski definition) is 8. The Balaban J connectivity index is 1.04. The van der Waals surface area contributed by atoms with Gasteiger partial charge in [0.05, 0.1) is 11.6 Å². The summed E-state index contributed by atoms with van der Waals surface area (Å²) in [5, 5.41) is 4.22. The van der Waals surface area contributed by atoms with Gasteiger partial charge in [0.2, 0.25) is 5.91 Å². The molecule has 0 N–H and O–H groups in total. The molecule has 4 aromatic rings. The van der Waals surface area contributed by atoms with Crippen LogP contribution >= 0.6 is 0 Å². The molecule has 0 saturated carbocycles. The standard InChI is InChI=1S/C25H25N9O/c35-25(20-15-33(16-20)23-14-24(29-18-28-23)34-8-4-7-30-34)32-11-9-31(10-12-32)22-13-21(26-17-27-22)19-5-2-1-3-6-19/h1-8,13-14,17-18,20H,9-12,15-16H2.